The molecule has 0 N–H and O–H groups in total. The number of benzene rings is 1. The second-order valence-corrected chi connectivity index (χ2v) is 8.90. The third-order valence-electron chi connectivity index (χ3n) is 5.91. The molecule has 1 atom stereocenters. The summed E-state index contributed by atoms with van der Waals surface area (Å²) >= 11 is 1.26. The molecule has 8 nitrogen and oxygen atoms in total. The lowest BCUT2D eigenvalue weighted by Crippen LogP contribution is -2.40. The van der Waals surface area contributed by atoms with Gasteiger partial charge in [0.25, 0.3) is 5.56 Å². The number of para-hydroxylation sites is 1. The first-order valence-electron chi connectivity index (χ1n) is 11.6. The molecule has 0 saturated carbocycles. The maximum absolute atomic E-state index is 13.7. The summed E-state index contributed by atoms with van der Waals surface area (Å²) < 4.78 is 18.9. The van der Waals surface area contributed by atoms with Crippen LogP contribution in [-0.2, 0) is 9.53 Å². The zero-order valence-corrected chi connectivity index (χ0v) is 21.3. The molecular weight excluding hydrogens is 466 g/mol. The Morgan fingerprint density at radius 1 is 1.20 bits per heavy atom. The summed E-state index contributed by atoms with van der Waals surface area (Å²) in [7, 11) is 1.56. The first kappa shape index (κ1) is 24.5. The minimum absolute atomic E-state index is 0.214. The number of rotatable bonds is 8. The predicted octanol–water partition coefficient (Wildman–Crippen LogP) is 3.25. The van der Waals surface area contributed by atoms with E-state index in [1.165, 1.54) is 11.3 Å². The van der Waals surface area contributed by atoms with Crippen molar-refractivity contribution in [1.82, 2.24) is 4.57 Å². The fraction of sp³-hybridized carbons (Fsp3) is 0.346. The highest BCUT2D eigenvalue weighted by molar-refractivity contribution is 7.07. The molecule has 1 unspecified atom stereocenters. The summed E-state index contributed by atoms with van der Waals surface area (Å²) in [6.07, 6.45) is 1.72. The van der Waals surface area contributed by atoms with E-state index in [0.29, 0.717) is 37.7 Å². The van der Waals surface area contributed by atoms with Gasteiger partial charge in [0.05, 0.1) is 29.5 Å². The number of furan rings is 1. The van der Waals surface area contributed by atoms with Crippen LogP contribution in [0.25, 0.3) is 6.08 Å². The number of nitrogens with zero attached hydrogens (tertiary/aromatic N) is 3. The molecule has 0 aliphatic carbocycles. The molecule has 1 aliphatic rings. The van der Waals surface area contributed by atoms with Crippen molar-refractivity contribution in [3.05, 3.63) is 78.7 Å². The molecule has 1 aromatic carbocycles. The van der Waals surface area contributed by atoms with Crippen molar-refractivity contribution in [2.45, 2.75) is 33.7 Å². The average Bonchev–Trinajstić information content (AvgIpc) is 3.43. The molecule has 35 heavy (non-hydrogen) atoms. The van der Waals surface area contributed by atoms with Crippen LogP contribution >= 0.6 is 11.3 Å². The molecule has 184 valence electrons. The van der Waals surface area contributed by atoms with Gasteiger partial charge in [0.15, 0.2) is 10.7 Å². The number of carbonyl (C=O) groups excluding carboxylic acids is 1. The van der Waals surface area contributed by atoms with E-state index in [9.17, 15) is 9.59 Å². The summed E-state index contributed by atoms with van der Waals surface area (Å²) in [5, 5.41) is 0. The van der Waals surface area contributed by atoms with Gasteiger partial charge in [-0.25, -0.2) is 9.79 Å². The van der Waals surface area contributed by atoms with Gasteiger partial charge in [-0.3, -0.25) is 9.36 Å². The SMILES string of the molecule is CCOC(=O)C1=C(C)N=c2s/c(=C/c3ccc(N(CC)CC)o3)c(=O)n2C1c1ccccc1OC. The van der Waals surface area contributed by atoms with Crippen LogP contribution in [-0.4, -0.2) is 37.3 Å². The molecule has 0 bridgehead atoms. The Kier molecular flexibility index (Phi) is 7.25. The second-order valence-electron chi connectivity index (χ2n) is 7.89. The highest BCUT2D eigenvalue weighted by atomic mass is 32.1. The number of fused-ring (bicyclic) bond motifs is 1. The van der Waals surface area contributed by atoms with Crippen LogP contribution in [0.3, 0.4) is 0 Å². The standard InChI is InChI=1S/C26H29N3O5S/c1-6-28(7-2)21-14-13-17(34-21)15-20-24(30)29-23(18-11-9-10-12-19(18)32-5)22(25(31)33-8-3)16(4)27-26(29)35-20/h9-15,23H,6-8H2,1-5H3/b20-15+. The molecule has 9 heteroatoms. The van der Waals surface area contributed by atoms with Gasteiger partial charge in [0, 0.05) is 30.8 Å². The molecule has 4 rings (SSSR count). The lowest BCUT2D eigenvalue weighted by atomic mass is 9.95. The maximum atomic E-state index is 13.7. The van der Waals surface area contributed by atoms with Crippen LogP contribution in [0.5, 0.6) is 5.75 Å². The Morgan fingerprint density at radius 3 is 2.63 bits per heavy atom. The highest BCUT2D eigenvalue weighted by Gasteiger charge is 2.34. The number of hydrogen-bond acceptors (Lipinski definition) is 8. The van der Waals surface area contributed by atoms with Crippen LogP contribution < -0.4 is 24.5 Å². The maximum Gasteiger partial charge on any atom is 0.338 e. The number of ether oxygens (including phenoxy) is 2. The lowest BCUT2D eigenvalue weighted by Gasteiger charge is -2.25. The molecule has 0 amide bonds. The molecule has 2 aromatic heterocycles. The predicted molar refractivity (Wildman–Crippen MR) is 136 cm³/mol. The third-order valence-corrected chi connectivity index (χ3v) is 6.89. The monoisotopic (exact) mass is 495 g/mol. The molecule has 1 aliphatic heterocycles. The number of methoxy groups -OCH3 is 1. The summed E-state index contributed by atoms with van der Waals surface area (Å²) in [6.45, 7) is 9.48. The molecule has 0 saturated heterocycles. The van der Waals surface area contributed by atoms with Crippen molar-refractivity contribution in [2.75, 3.05) is 31.7 Å². The van der Waals surface area contributed by atoms with Crippen molar-refractivity contribution in [2.24, 2.45) is 4.99 Å². The van der Waals surface area contributed by atoms with Gasteiger partial charge in [-0.05, 0) is 39.8 Å². The van der Waals surface area contributed by atoms with Crippen molar-refractivity contribution < 1.29 is 18.7 Å². The molecular formula is C26H29N3O5S. The second kappa shape index (κ2) is 10.4. The summed E-state index contributed by atoms with van der Waals surface area (Å²) in [6, 6.07) is 10.4. The number of carbonyl (C=O) groups is 1. The van der Waals surface area contributed by atoms with E-state index >= 15 is 0 Å². The lowest BCUT2D eigenvalue weighted by molar-refractivity contribution is -0.139. The van der Waals surface area contributed by atoms with Gasteiger partial charge in [-0.15, -0.1) is 0 Å². The van der Waals surface area contributed by atoms with Crippen LogP contribution in [0.1, 0.15) is 45.1 Å². The van der Waals surface area contributed by atoms with E-state index < -0.39 is 12.0 Å². The zero-order valence-electron chi connectivity index (χ0n) is 20.5. The Hall–Kier alpha value is -3.59. The van der Waals surface area contributed by atoms with Crippen LogP contribution in [0.2, 0.25) is 0 Å². The van der Waals surface area contributed by atoms with Crippen LogP contribution in [0.15, 0.2) is 61.9 Å². The quantitative estimate of drug-likeness (QED) is 0.446. The van der Waals surface area contributed by atoms with Gasteiger partial charge in [0.2, 0.25) is 0 Å². The van der Waals surface area contributed by atoms with E-state index in [2.05, 4.69) is 23.7 Å². The van der Waals surface area contributed by atoms with Crippen molar-refractivity contribution in [3.63, 3.8) is 0 Å². The Labute approximate surface area is 207 Å². The van der Waals surface area contributed by atoms with E-state index in [-0.39, 0.29) is 12.2 Å². The molecule has 0 spiro atoms. The summed E-state index contributed by atoms with van der Waals surface area (Å²) in [5.74, 6) is 1.39. The topological polar surface area (TPSA) is 86.3 Å². The minimum Gasteiger partial charge on any atom is -0.496 e. The molecule has 0 radical (unpaired) electrons. The zero-order chi connectivity index (χ0) is 25.1. The number of aromatic nitrogens is 1. The van der Waals surface area contributed by atoms with Crippen molar-refractivity contribution >= 4 is 29.3 Å². The average molecular weight is 496 g/mol. The van der Waals surface area contributed by atoms with E-state index in [1.807, 2.05) is 30.3 Å². The normalized spacial score (nSPS) is 15.6. The Bertz CT molecular complexity index is 1440. The number of anilines is 1. The van der Waals surface area contributed by atoms with E-state index in [0.717, 1.165) is 19.0 Å². The smallest absolute Gasteiger partial charge is 0.338 e. The van der Waals surface area contributed by atoms with Gasteiger partial charge in [0.1, 0.15) is 17.6 Å². The number of allylic oxidation sites excluding steroid dienone is 1. The van der Waals surface area contributed by atoms with Gasteiger partial charge in [-0.2, -0.15) is 0 Å². The van der Waals surface area contributed by atoms with Gasteiger partial charge in [-0.1, -0.05) is 29.5 Å². The molecule has 3 heterocycles. The largest absolute Gasteiger partial charge is 0.496 e. The fourth-order valence-corrected chi connectivity index (χ4v) is 5.26. The highest BCUT2D eigenvalue weighted by Crippen LogP contribution is 2.35. The Balaban J connectivity index is 1.91. The molecule has 0 fully saturated rings. The van der Waals surface area contributed by atoms with Gasteiger partial charge < -0.3 is 18.8 Å². The first-order chi connectivity index (χ1) is 16.9. The summed E-state index contributed by atoms with van der Waals surface area (Å²) in [4.78, 5) is 33.9. The minimum atomic E-state index is -0.730. The van der Waals surface area contributed by atoms with Gasteiger partial charge >= 0.3 is 5.97 Å². The number of hydrogen-bond donors (Lipinski definition) is 0. The van der Waals surface area contributed by atoms with E-state index in [1.54, 1.807) is 37.7 Å². The van der Waals surface area contributed by atoms with E-state index in [4.69, 9.17) is 13.9 Å². The number of thiazole rings is 1. The van der Waals surface area contributed by atoms with Crippen LogP contribution in [0.4, 0.5) is 5.88 Å². The van der Waals surface area contributed by atoms with Crippen molar-refractivity contribution in [3.8, 4) is 5.75 Å². The van der Waals surface area contributed by atoms with Crippen molar-refractivity contribution in [1.29, 1.82) is 0 Å². The number of esters is 1. The first-order valence-corrected chi connectivity index (χ1v) is 12.4. The fourth-order valence-electron chi connectivity index (χ4n) is 4.23. The Morgan fingerprint density at radius 2 is 1.94 bits per heavy atom. The molecule has 3 aromatic rings. The third kappa shape index (κ3) is 4.55. The van der Waals surface area contributed by atoms with Crippen LogP contribution in [0, 0.1) is 0 Å². The summed E-state index contributed by atoms with van der Waals surface area (Å²) in [5.41, 5.74) is 1.24.